The molecule has 20 heavy (non-hydrogen) atoms. The van der Waals surface area contributed by atoms with Crippen LogP contribution in [0.3, 0.4) is 0 Å². The van der Waals surface area contributed by atoms with Crippen LogP contribution < -0.4 is 10.5 Å². The molecule has 0 bridgehead atoms. The van der Waals surface area contributed by atoms with Crippen LogP contribution in [-0.2, 0) is 0 Å². The third-order valence-electron chi connectivity index (χ3n) is 3.60. The van der Waals surface area contributed by atoms with Gasteiger partial charge in [-0.15, -0.1) is 0 Å². The molecule has 2 aromatic rings. The summed E-state index contributed by atoms with van der Waals surface area (Å²) in [4.78, 5) is 20.6. The van der Waals surface area contributed by atoms with Crippen molar-refractivity contribution in [2.45, 2.75) is 25.5 Å². The smallest absolute Gasteiger partial charge is 0.252 e. The second-order valence-corrected chi connectivity index (χ2v) is 5.16. The number of aromatic amines is 1. The third kappa shape index (κ3) is 2.44. The number of nitrogens with one attached hydrogen (secondary N) is 1. The van der Waals surface area contributed by atoms with E-state index in [1.165, 1.54) is 6.07 Å². The van der Waals surface area contributed by atoms with Crippen molar-refractivity contribution in [1.29, 1.82) is 0 Å². The zero-order chi connectivity index (χ0) is 14.1. The first kappa shape index (κ1) is 12.9. The molecule has 5 nitrogen and oxygen atoms in total. The van der Waals surface area contributed by atoms with Crippen LogP contribution in [0.15, 0.2) is 41.2 Å². The Balaban J connectivity index is 2.00. The van der Waals surface area contributed by atoms with Gasteiger partial charge in [-0.05, 0) is 18.9 Å². The molecule has 1 aromatic heterocycles. The quantitative estimate of drug-likeness (QED) is 0.866. The van der Waals surface area contributed by atoms with E-state index in [1.54, 1.807) is 6.92 Å². The number of aromatic nitrogens is 2. The summed E-state index contributed by atoms with van der Waals surface area (Å²) in [5.74, 6) is 1.21. The molecule has 2 unspecified atom stereocenters. The van der Waals surface area contributed by atoms with Crippen molar-refractivity contribution in [2.75, 3.05) is 11.4 Å². The number of aryl methyl sites for hydroxylation is 1. The van der Waals surface area contributed by atoms with E-state index in [-0.39, 0.29) is 11.6 Å². The van der Waals surface area contributed by atoms with Crippen LogP contribution in [-0.4, -0.2) is 27.7 Å². The standard InChI is InChI=1S/C15H17N3O2/c1-10-16-14(8-15(20)17-10)18-9-12(19)7-13(18)11-5-3-2-4-6-11/h2-6,8,12-13,19H,7,9H2,1H3,(H,16,17,20). The van der Waals surface area contributed by atoms with Gasteiger partial charge in [0.05, 0.1) is 12.1 Å². The van der Waals surface area contributed by atoms with Gasteiger partial charge in [-0.25, -0.2) is 4.98 Å². The topological polar surface area (TPSA) is 69.2 Å². The van der Waals surface area contributed by atoms with Crippen molar-refractivity contribution in [3.63, 3.8) is 0 Å². The summed E-state index contributed by atoms with van der Waals surface area (Å²) >= 11 is 0. The summed E-state index contributed by atoms with van der Waals surface area (Å²) in [7, 11) is 0. The number of benzene rings is 1. The summed E-state index contributed by atoms with van der Waals surface area (Å²) < 4.78 is 0. The molecule has 1 aliphatic heterocycles. The lowest BCUT2D eigenvalue weighted by Gasteiger charge is -2.25. The second kappa shape index (κ2) is 5.09. The van der Waals surface area contributed by atoms with Crippen LogP contribution in [0.1, 0.15) is 23.9 Å². The predicted molar refractivity (Wildman–Crippen MR) is 76.7 cm³/mol. The summed E-state index contributed by atoms with van der Waals surface area (Å²) in [6.07, 6.45) is 0.249. The maximum absolute atomic E-state index is 11.6. The van der Waals surface area contributed by atoms with Crippen molar-refractivity contribution in [3.8, 4) is 0 Å². The molecule has 2 N–H and O–H groups in total. The van der Waals surface area contributed by atoms with Crippen molar-refractivity contribution in [1.82, 2.24) is 9.97 Å². The number of aliphatic hydroxyl groups excluding tert-OH is 1. The van der Waals surface area contributed by atoms with Crippen molar-refractivity contribution >= 4 is 5.82 Å². The van der Waals surface area contributed by atoms with Crippen molar-refractivity contribution in [3.05, 3.63) is 58.1 Å². The number of anilines is 1. The van der Waals surface area contributed by atoms with Crippen LogP contribution in [0.25, 0.3) is 0 Å². The number of β-amino-alcohol motifs (C(OH)–C–C–N with tert-alkyl or cyclic N) is 1. The van der Waals surface area contributed by atoms with Gasteiger partial charge in [0.25, 0.3) is 5.56 Å². The van der Waals surface area contributed by atoms with E-state index in [0.29, 0.717) is 24.6 Å². The van der Waals surface area contributed by atoms with E-state index in [1.807, 2.05) is 35.2 Å². The molecule has 0 radical (unpaired) electrons. The fraction of sp³-hybridized carbons (Fsp3) is 0.333. The predicted octanol–water partition coefficient (Wildman–Crippen LogP) is 1.39. The Hall–Kier alpha value is -2.14. The summed E-state index contributed by atoms with van der Waals surface area (Å²) in [6.45, 7) is 2.25. The van der Waals surface area contributed by atoms with E-state index in [0.717, 1.165) is 5.56 Å². The fourth-order valence-electron chi connectivity index (χ4n) is 2.77. The van der Waals surface area contributed by atoms with Crippen LogP contribution >= 0.6 is 0 Å². The zero-order valence-electron chi connectivity index (χ0n) is 11.3. The van der Waals surface area contributed by atoms with Gasteiger partial charge in [0.2, 0.25) is 0 Å². The van der Waals surface area contributed by atoms with Gasteiger partial charge in [0.15, 0.2) is 0 Å². The molecular weight excluding hydrogens is 254 g/mol. The number of H-pyrrole nitrogens is 1. The van der Waals surface area contributed by atoms with Crippen LogP contribution in [0.5, 0.6) is 0 Å². The average Bonchev–Trinajstić information content (AvgIpc) is 2.81. The highest BCUT2D eigenvalue weighted by molar-refractivity contribution is 5.44. The van der Waals surface area contributed by atoms with Gasteiger partial charge < -0.3 is 15.0 Å². The lowest BCUT2D eigenvalue weighted by molar-refractivity contribution is 0.194. The molecule has 0 amide bonds. The lowest BCUT2D eigenvalue weighted by Crippen LogP contribution is -2.27. The van der Waals surface area contributed by atoms with Crippen LogP contribution in [0.4, 0.5) is 5.82 Å². The highest BCUT2D eigenvalue weighted by Gasteiger charge is 2.33. The minimum atomic E-state index is -0.401. The maximum Gasteiger partial charge on any atom is 0.252 e. The monoisotopic (exact) mass is 271 g/mol. The van der Waals surface area contributed by atoms with Crippen LogP contribution in [0.2, 0.25) is 0 Å². The first-order valence-electron chi connectivity index (χ1n) is 6.71. The molecule has 0 saturated carbocycles. The molecule has 0 spiro atoms. The van der Waals surface area contributed by atoms with E-state index in [9.17, 15) is 9.90 Å². The highest BCUT2D eigenvalue weighted by Crippen LogP contribution is 2.34. The zero-order valence-corrected chi connectivity index (χ0v) is 11.3. The largest absolute Gasteiger partial charge is 0.391 e. The van der Waals surface area contributed by atoms with Gasteiger partial charge in [0.1, 0.15) is 11.6 Å². The lowest BCUT2D eigenvalue weighted by atomic mass is 10.0. The van der Waals surface area contributed by atoms with Crippen molar-refractivity contribution < 1.29 is 5.11 Å². The van der Waals surface area contributed by atoms with Gasteiger partial charge in [0, 0.05) is 12.6 Å². The van der Waals surface area contributed by atoms with E-state index < -0.39 is 6.10 Å². The molecule has 1 aromatic carbocycles. The molecule has 1 aliphatic rings. The van der Waals surface area contributed by atoms with Gasteiger partial charge in [-0.2, -0.15) is 0 Å². The van der Waals surface area contributed by atoms with Gasteiger partial charge >= 0.3 is 0 Å². The van der Waals surface area contributed by atoms with E-state index >= 15 is 0 Å². The molecule has 5 heteroatoms. The normalized spacial score (nSPS) is 22.2. The molecule has 3 rings (SSSR count). The summed E-state index contributed by atoms with van der Waals surface area (Å²) in [5, 5.41) is 9.98. The molecule has 104 valence electrons. The fourth-order valence-corrected chi connectivity index (χ4v) is 2.77. The van der Waals surface area contributed by atoms with Crippen molar-refractivity contribution in [2.24, 2.45) is 0 Å². The minimum Gasteiger partial charge on any atom is -0.391 e. The Morgan fingerprint density at radius 1 is 1.35 bits per heavy atom. The summed E-state index contributed by atoms with van der Waals surface area (Å²) in [6, 6.07) is 11.5. The number of hydrogen-bond donors (Lipinski definition) is 2. The number of nitrogens with zero attached hydrogens (tertiary/aromatic N) is 2. The molecule has 1 saturated heterocycles. The maximum atomic E-state index is 11.6. The number of rotatable bonds is 2. The van der Waals surface area contributed by atoms with Crippen LogP contribution in [0, 0.1) is 6.92 Å². The van der Waals surface area contributed by atoms with Gasteiger partial charge in [-0.1, -0.05) is 30.3 Å². The molecule has 1 fully saturated rings. The van der Waals surface area contributed by atoms with E-state index in [2.05, 4.69) is 9.97 Å². The highest BCUT2D eigenvalue weighted by atomic mass is 16.3. The minimum absolute atomic E-state index is 0.0555. The Kier molecular flexibility index (Phi) is 3.28. The average molecular weight is 271 g/mol. The van der Waals surface area contributed by atoms with Gasteiger partial charge in [-0.3, -0.25) is 4.79 Å². The second-order valence-electron chi connectivity index (χ2n) is 5.16. The Morgan fingerprint density at radius 3 is 2.80 bits per heavy atom. The SMILES string of the molecule is Cc1nc(N2CC(O)CC2c2ccccc2)cc(=O)[nH]1. The van der Waals surface area contributed by atoms with E-state index in [4.69, 9.17) is 0 Å². The first-order chi connectivity index (χ1) is 9.63. The molecule has 2 heterocycles. The third-order valence-corrected chi connectivity index (χ3v) is 3.60. The number of hydrogen-bond acceptors (Lipinski definition) is 4. The molecule has 0 aliphatic carbocycles. The Labute approximate surface area is 116 Å². The molecule has 2 atom stereocenters. The first-order valence-corrected chi connectivity index (χ1v) is 6.71. The molecular formula is C15H17N3O2. The Bertz CT molecular complexity index is 654. The number of aliphatic hydroxyl groups is 1. The summed E-state index contributed by atoms with van der Waals surface area (Å²) in [5.41, 5.74) is 0.962. The Morgan fingerprint density at radius 2 is 2.10 bits per heavy atom.